The van der Waals surface area contributed by atoms with Crippen molar-refractivity contribution in [2.75, 3.05) is 25.1 Å². The maximum absolute atomic E-state index is 12.3. The summed E-state index contributed by atoms with van der Waals surface area (Å²) >= 11 is 0. The number of amides is 1. The van der Waals surface area contributed by atoms with E-state index in [0.29, 0.717) is 12.3 Å². The lowest BCUT2D eigenvalue weighted by Gasteiger charge is -2.34. The molecule has 1 aliphatic heterocycles. The lowest BCUT2D eigenvalue weighted by molar-refractivity contribution is -0.121. The Balaban J connectivity index is 1.40. The van der Waals surface area contributed by atoms with Crippen LogP contribution in [0.25, 0.3) is 0 Å². The molecule has 0 aliphatic carbocycles. The SMILES string of the molecule is COc1ccc(N2CCC(NC(=O)CCc3ccc(C(C)C)cc3)CC2)cc1. The number of hydrogen-bond acceptors (Lipinski definition) is 3. The average Bonchev–Trinajstić information content (AvgIpc) is 2.73. The van der Waals surface area contributed by atoms with Gasteiger partial charge in [-0.05, 0) is 60.6 Å². The Bertz CT molecular complexity index is 745. The molecule has 0 spiro atoms. The van der Waals surface area contributed by atoms with Gasteiger partial charge in [0.15, 0.2) is 0 Å². The van der Waals surface area contributed by atoms with E-state index in [2.05, 4.69) is 60.5 Å². The quantitative estimate of drug-likeness (QED) is 0.767. The Labute approximate surface area is 168 Å². The monoisotopic (exact) mass is 380 g/mol. The molecule has 3 rings (SSSR count). The van der Waals surface area contributed by atoms with Gasteiger partial charge in [-0.25, -0.2) is 0 Å². The highest BCUT2D eigenvalue weighted by Gasteiger charge is 2.20. The van der Waals surface area contributed by atoms with Crippen molar-refractivity contribution in [2.24, 2.45) is 0 Å². The highest BCUT2D eigenvalue weighted by molar-refractivity contribution is 5.76. The van der Waals surface area contributed by atoms with Crippen LogP contribution in [-0.2, 0) is 11.2 Å². The molecule has 0 saturated carbocycles. The fraction of sp³-hybridized carbons (Fsp3) is 0.458. The van der Waals surface area contributed by atoms with Gasteiger partial charge < -0.3 is 15.0 Å². The van der Waals surface area contributed by atoms with Gasteiger partial charge in [-0.3, -0.25) is 4.79 Å². The van der Waals surface area contributed by atoms with Crippen molar-refractivity contribution in [3.8, 4) is 5.75 Å². The molecule has 1 N–H and O–H groups in total. The molecule has 0 aromatic heterocycles. The Kier molecular flexibility index (Phi) is 6.96. The minimum atomic E-state index is 0.163. The average molecular weight is 381 g/mol. The van der Waals surface area contributed by atoms with Crippen molar-refractivity contribution in [2.45, 2.75) is 51.5 Å². The number of benzene rings is 2. The third-order valence-electron chi connectivity index (χ3n) is 5.58. The Hall–Kier alpha value is -2.49. The standard InChI is InChI=1S/C24H32N2O2/c1-18(2)20-7-4-19(5-8-20)6-13-24(27)25-21-14-16-26(17-15-21)22-9-11-23(28-3)12-10-22/h4-5,7-12,18,21H,6,13-17H2,1-3H3,(H,25,27). The summed E-state index contributed by atoms with van der Waals surface area (Å²) in [5.41, 5.74) is 3.79. The molecule has 150 valence electrons. The topological polar surface area (TPSA) is 41.6 Å². The third kappa shape index (κ3) is 5.51. The highest BCUT2D eigenvalue weighted by atomic mass is 16.5. The van der Waals surface area contributed by atoms with E-state index in [9.17, 15) is 4.79 Å². The van der Waals surface area contributed by atoms with Crippen molar-refractivity contribution in [1.82, 2.24) is 5.32 Å². The van der Waals surface area contributed by atoms with Crippen molar-refractivity contribution in [3.63, 3.8) is 0 Å². The van der Waals surface area contributed by atoms with Crippen LogP contribution in [0.5, 0.6) is 5.75 Å². The summed E-state index contributed by atoms with van der Waals surface area (Å²) in [7, 11) is 1.68. The number of anilines is 1. The number of piperidine rings is 1. The number of nitrogens with one attached hydrogen (secondary N) is 1. The maximum atomic E-state index is 12.3. The van der Waals surface area contributed by atoms with Crippen LogP contribution in [0.1, 0.15) is 50.2 Å². The molecular formula is C24H32N2O2. The summed E-state index contributed by atoms with van der Waals surface area (Å²) in [5, 5.41) is 3.22. The van der Waals surface area contributed by atoms with Crippen molar-refractivity contribution >= 4 is 11.6 Å². The molecule has 0 unspecified atom stereocenters. The van der Waals surface area contributed by atoms with Crippen molar-refractivity contribution < 1.29 is 9.53 Å². The van der Waals surface area contributed by atoms with Gasteiger partial charge in [0.2, 0.25) is 5.91 Å². The molecule has 28 heavy (non-hydrogen) atoms. The van der Waals surface area contributed by atoms with Gasteiger partial charge in [0, 0.05) is 31.2 Å². The highest BCUT2D eigenvalue weighted by Crippen LogP contribution is 2.23. The lowest BCUT2D eigenvalue weighted by Crippen LogP contribution is -2.44. The van der Waals surface area contributed by atoms with E-state index in [1.165, 1.54) is 16.8 Å². The molecule has 1 heterocycles. The Morgan fingerprint density at radius 3 is 2.29 bits per heavy atom. The molecule has 0 atom stereocenters. The molecule has 2 aromatic carbocycles. The molecule has 2 aromatic rings. The molecule has 4 nitrogen and oxygen atoms in total. The number of carbonyl (C=O) groups excluding carboxylic acids is 1. The normalized spacial score (nSPS) is 14.9. The van der Waals surface area contributed by atoms with Crippen LogP contribution in [0.2, 0.25) is 0 Å². The Morgan fingerprint density at radius 2 is 1.71 bits per heavy atom. The van der Waals surface area contributed by atoms with E-state index in [4.69, 9.17) is 4.74 Å². The van der Waals surface area contributed by atoms with Crippen LogP contribution >= 0.6 is 0 Å². The second-order valence-corrected chi connectivity index (χ2v) is 7.92. The third-order valence-corrected chi connectivity index (χ3v) is 5.58. The molecular weight excluding hydrogens is 348 g/mol. The van der Waals surface area contributed by atoms with E-state index >= 15 is 0 Å². The van der Waals surface area contributed by atoms with E-state index in [1.54, 1.807) is 7.11 Å². The number of hydrogen-bond donors (Lipinski definition) is 1. The van der Waals surface area contributed by atoms with Crippen LogP contribution in [0.3, 0.4) is 0 Å². The van der Waals surface area contributed by atoms with Crippen LogP contribution in [0, 0.1) is 0 Å². The molecule has 1 amide bonds. The van der Waals surface area contributed by atoms with Crippen LogP contribution in [-0.4, -0.2) is 32.1 Å². The van der Waals surface area contributed by atoms with Gasteiger partial charge >= 0.3 is 0 Å². The van der Waals surface area contributed by atoms with E-state index < -0.39 is 0 Å². The summed E-state index contributed by atoms with van der Waals surface area (Å²) in [6, 6.07) is 17.1. The molecule has 1 aliphatic rings. The summed E-state index contributed by atoms with van der Waals surface area (Å²) in [6.45, 7) is 6.33. The van der Waals surface area contributed by atoms with E-state index in [1.807, 2.05) is 12.1 Å². The molecule has 1 saturated heterocycles. The summed E-state index contributed by atoms with van der Waals surface area (Å²) in [5.74, 6) is 1.58. The number of rotatable bonds is 7. The minimum Gasteiger partial charge on any atom is -0.497 e. The summed E-state index contributed by atoms with van der Waals surface area (Å²) in [4.78, 5) is 14.7. The first-order valence-corrected chi connectivity index (χ1v) is 10.3. The zero-order chi connectivity index (χ0) is 19.9. The fourth-order valence-corrected chi connectivity index (χ4v) is 3.70. The minimum absolute atomic E-state index is 0.163. The Morgan fingerprint density at radius 1 is 1.07 bits per heavy atom. The predicted molar refractivity (Wildman–Crippen MR) is 115 cm³/mol. The number of nitrogens with zero attached hydrogens (tertiary/aromatic N) is 1. The first-order valence-electron chi connectivity index (χ1n) is 10.3. The van der Waals surface area contributed by atoms with Gasteiger partial charge in [-0.1, -0.05) is 38.1 Å². The number of aryl methyl sites for hydroxylation is 1. The maximum Gasteiger partial charge on any atom is 0.220 e. The number of ether oxygens (including phenoxy) is 1. The molecule has 0 radical (unpaired) electrons. The fourth-order valence-electron chi connectivity index (χ4n) is 3.70. The van der Waals surface area contributed by atoms with Crippen LogP contribution in [0.4, 0.5) is 5.69 Å². The summed E-state index contributed by atoms with van der Waals surface area (Å²) < 4.78 is 5.22. The van der Waals surface area contributed by atoms with Gasteiger partial charge in [-0.2, -0.15) is 0 Å². The van der Waals surface area contributed by atoms with Crippen molar-refractivity contribution in [1.29, 1.82) is 0 Å². The number of methoxy groups -OCH3 is 1. The van der Waals surface area contributed by atoms with Crippen molar-refractivity contribution in [3.05, 3.63) is 59.7 Å². The predicted octanol–water partition coefficient (Wildman–Crippen LogP) is 4.54. The second kappa shape index (κ2) is 9.63. The molecule has 4 heteroatoms. The van der Waals surface area contributed by atoms with E-state index in [0.717, 1.165) is 38.1 Å². The van der Waals surface area contributed by atoms with Crippen LogP contribution in [0.15, 0.2) is 48.5 Å². The largest absolute Gasteiger partial charge is 0.497 e. The summed E-state index contributed by atoms with van der Waals surface area (Å²) in [6.07, 6.45) is 3.33. The zero-order valence-corrected chi connectivity index (χ0v) is 17.3. The van der Waals surface area contributed by atoms with Gasteiger partial charge in [0.05, 0.1) is 7.11 Å². The smallest absolute Gasteiger partial charge is 0.220 e. The lowest BCUT2D eigenvalue weighted by atomic mass is 10.00. The second-order valence-electron chi connectivity index (χ2n) is 7.92. The first kappa shape index (κ1) is 20.2. The van der Waals surface area contributed by atoms with Crippen LogP contribution < -0.4 is 15.0 Å². The van der Waals surface area contributed by atoms with E-state index in [-0.39, 0.29) is 11.9 Å². The molecule has 0 bridgehead atoms. The zero-order valence-electron chi connectivity index (χ0n) is 17.3. The van der Waals surface area contributed by atoms with Gasteiger partial charge in [-0.15, -0.1) is 0 Å². The number of carbonyl (C=O) groups is 1. The van der Waals surface area contributed by atoms with Gasteiger partial charge in [0.25, 0.3) is 0 Å². The van der Waals surface area contributed by atoms with Gasteiger partial charge in [0.1, 0.15) is 5.75 Å². The molecule has 1 fully saturated rings. The first-order chi connectivity index (χ1) is 13.5.